The van der Waals surface area contributed by atoms with Crippen LogP contribution in [0.15, 0.2) is 24.5 Å². The van der Waals surface area contributed by atoms with Crippen molar-refractivity contribution in [3.63, 3.8) is 0 Å². The summed E-state index contributed by atoms with van der Waals surface area (Å²) < 4.78 is 0. The highest BCUT2D eigenvalue weighted by Gasteiger charge is 2.23. The summed E-state index contributed by atoms with van der Waals surface area (Å²) in [6, 6.07) is 4.02. The highest BCUT2D eigenvalue weighted by molar-refractivity contribution is 5.76. The monoisotopic (exact) mass is 303 g/mol. The minimum absolute atomic E-state index is 0.305. The molecule has 1 aromatic rings. The molecule has 2 heterocycles. The molecular formula is C18H29N3O. The minimum atomic E-state index is 0.305. The van der Waals surface area contributed by atoms with Crippen molar-refractivity contribution in [1.82, 2.24) is 14.8 Å². The zero-order valence-corrected chi connectivity index (χ0v) is 14.2. The van der Waals surface area contributed by atoms with Crippen molar-refractivity contribution in [2.75, 3.05) is 32.7 Å². The smallest absolute Gasteiger partial charge is 0.222 e. The van der Waals surface area contributed by atoms with Crippen molar-refractivity contribution >= 4 is 5.91 Å². The molecule has 0 unspecified atom stereocenters. The van der Waals surface area contributed by atoms with Crippen molar-refractivity contribution in [2.24, 2.45) is 5.41 Å². The number of pyridine rings is 1. The van der Waals surface area contributed by atoms with E-state index in [9.17, 15) is 4.79 Å². The number of carbonyl (C=O) groups is 1. The first kappa shape index (κ1) is 16.9. The molecule has 122 valence electrons. The van der Waals surface area contributed by atoms with E-state index < -0.39 is 0 Å². The highest BCUT2D eigenvalue weighted by atomic mass is 16.2. The summed E-state index contributed by atoms with van der Waals surface area (Å²) in [6.45, 7) is 11.7. The molecule has 4 heteroatoms. The van der Waals surface area contributed by atoms with Crippen LogP contribution in [0.5, 0.6) is 0 Å². The molecule has 1 amide bonds. The second-order valence-corrected chi connectivity index (χ2v) is 7.43. The molecule has 0 bridgehead atoms. The predicted octanol–water partition coefficient (Wildman–Crippen LogP) is 2.59. The van der Waals surface area contributed by atoms with Gasteiger partial charge in [-0.25, -0.2) is 0 Å². The molecule has 0 spiro atoms. The molecule has 1 aliphatic rings. The van der Waals surface area contributed by atoms with Gasteiger partial charge in [0.15, 0.2) is 0 Å². The fourth-order valence-electron chi connectivity index (χ4n) is 2.97. The number of hydrogen-bond acceptors (Lipinski definition) is 3. The molecule has 0 atom stereocenters. The molecule has 1 aliphatic heterocycles. The molecule has 0 N–H and O–H groups in total. The van der Waals surface area contributed by atoms with Gasteiger partial charge in [0.2, 0.25) is 5.91 Å². The van der Waals surface area contributed by atoms with Crippen molar-refractivity contribution in [3.8, 4) is 0 Å². The quantitative estimate of drug-likeness (QED) is 0.839. The van der Waals surface area contributed by atoms with Crippen LogP contribution >= 0.6 is 0 Å². The maximum absolute atomic E-state index is 12.3. The summed E-state index contributed by atoms with van der Waals surface area (Å²) in [5, 5.41) is 0. The lowest BCUT2D eigenvalue weighted by molar-refractivity contribution is -0.133. The van der Waals surface area contributed by atoms with Gasteiger partial charge in [0, 0.05) is 51.5 Å². The number of nitrogens with zero attached hydrogens (tertiary/aromatic N) is 3. The normalized spacial score (nSPS) is 16.8. The number of piperazine rings is 1. The lowest BCUT2D eigenvalue weighted by Gasteiger charge is -2.37. The minimum Gasteiger partial charge on any atom is -0.340 e. The van der Waals surface area contributed by atoms with E-state index in [2.05, 4.69) is 36.7 Å². The Labute approximate surface area is 134 Å². The van der Waals surface area contributed by atoms with Crippen LogP contribution in [0.1, 0.15) is 39.2 Å². The fraction of sp³-hybridized carbons (Fsp3) is 0.667. The Morgan fingerprint density at radius 3 is 2.55 bits per heavy atom. The van der Waals surface area contributed by atoms with Gasteiger partial charge in [-0.2, -0.15) is 0 Å². The van der Waals surface area contributed by atoms with E-state index in [0.717, 1.165) is 45.6 Å². The van der Waals surface area contributed by atoms with Gasteiger partial charge in [-0.05, 0) is 29.9 Å². The first-order chi connectivity index (χ1) is 10.4. The predicted molar refractivity (Wildman–Crippen MR) is 89.7 cm³/mol. The summed E-state index contributed by atoms with van der Waals surface area (Å²) in [6.07, 6.45) is 6.16. The van der Waals surface area contributed by atoms with Crippen molar-refractivity contribution < 1.29 is 4.79 Å². The average molecular weight is 303 g/mol. The van der Waals surface area contributed by atoms with Gasteiger partial charge in [-0.3, -0.25) is 14.7 Å². The molecule has 1 saturated heterocycles. The van der Waals surface area contributed by atoms with Crippen molar-refractivity contribution in [1.29, 1.82) is 0 Å². The maximum Gasteiger partial charge on any atom is 0.222 e. The van der Waals surface area contributed by atoms with E-state index in [0.29, 0.717) is 17.7 Å². The Balaban J connectivity index is 1.67. The van der Waals surface area contributed by atoms with Gasteiger partial charge < -0.3 is 4.90 Å². The second kappa shape index (κ2) is 7.73. The Kier molecular flexibility index (Phi) is 5.95. The van der Waals surface area contributed by atoms with Gasteiger partial charge >= 0.3 is 0 Å². The van der Waals surface area contributed by atoms with E-state index in [1.807, 2.05) is 17.2 Å². The first-order valence-electron chi connectivity index (χ1n) is 8.33. The Hall–Kier alpha value is -1.42. The maximum atomic E-state index is 12.3. The van der Waals surface area contributed by atoms with Crippen LogP contribution in [0.25, 0.3) is 0 Å². The van der Waals surface area contributed by atoms with Gasteiger partial charge in [0.25, 0.3) is 0 Å². The summed E-state index contributed by atoms with van der Waals surface area (Å²) in [5.74, 6) is 0.305. The Bertz CT molecular complexity index is 459. The van der Waals surface area contributed by atoms with Gasteiger partial charge in [0.1, 0.15) is 0 Å². The summed E-state index contributed by atoms with van der Waals surface area (Å²) in [4.78, 5) is 20.9. The topological polar surface area (TPSA) is 36.4 Å². The third-order valence-electron chi connectivity index (χ3n) is 4.00. The molecule has 2 rings (SSSR count). The van der Waals surface area contributed by atoms with Gasteiger partial charge in [-0.15, -0.1) is 0 Å². The van der Waals surface area contributed by atoms with Crippen LogP contribution in [0.3, 0.4) is 0 Å². The van der Waals surface area contributed by atoms with Crippen LogP contribution in [0.4, 0.5) is 0 Å². The van der Waals surface area contributed by atoms with E-state index in [4.69, 9.17) is 0 Å². The van der Waals surface area contributed by atoms with Crippen molar-refractivity contribution in [2.45, 2.75) is 40.0 Å². The molecule has 0 saturated carbocycles. The number of carbonyl (C=O) groups excluding carboxylic acids is 1. The largest absolute Gasteiger partial charge is 0.340 e. The van der Waals surface area contributed by atoms with E-state index >= 15 is 0 Å². The lowest BCUT2D eigenvalue weighted by Crippen LogP contribution is -2.50. The number of aryl methyl sites for hydroxylation is 1. The second-order valence-electron chi connectivity index (χ2n) is 7.43. The Morgan fingerprint density at radius 1 is 1.23 bits per heavy atom. The third kappa shape index (κ3) is 5.76. The van der Waals surface area contributed by atoms with Crippen LogP contribution < -0.4 is 0 Å². The molecule has 1 aromatic heterocycles. The molecule has 22 heavy (non-hydrogen) atoms. The zero-order valence-electron chi connectivity index (χ0n) is 14.2. The number of rotatable bonds is 5. The number of hydrogen-bond donors (Lipinski definition) is 0. The van der Waals surface area contributed by atoms with Gasteiger partial charge in [0.05, 0.1) is 0 Å². The van der Waals surface area contributed by atoms with Crippen LogP contribution in [0, 0.1) is 5.41 Å². The lowest BCUT2D eigenvalue weighted by atomic mass is 9.96. The number of aromatic nitrogens is 1. The summed E-state index contributed by atoms with van der Waals surface area (Å²) in [7, 11) is 0. The zero-order chi connectivity index (χ0) is 16.0. The third-order valence-corrected chi connectivity index (χ3v) is 4.00. The molecule has 0 aromatic carbocycles. The van der Waals surface area contributed by atoms with E-state index in [-0.39, 0.29) is 0 Å². The van der Waals surface area contributed by atoms with Gasteiger partial charge in [-0.1, -0.05) is 26.8 Å². The van der Waals surface area contributed by atoms with E-state index in [1.165, 1.54) is 5.56 Å². The average Bonchev–Trinajstić information content (AvgIpc) is 2.47. The highest BCUT2D eigenvalue weighted by Crippen LogP contribution is 2.17. The van der Waals surface area contributed by atoms with Crippen molar-refractivity contribution in [3.05, 3.63) is 30.1 Å². The van der Waals surface area contributed by atoms with Crippen LogP contribution in [0.2, 0.25) is 0 Å². The standard InChI is InChI=1S/C18H29N3O/c1-18(2,3)15-20-10-12-21(13-11-20)17(22)8-4-6-16-7-5-9-19-14-16/h5,7,9,14H,4,6,8,10-13,15H2,1-3H3. The number of amides is 1. The molecule has 0 aliphatic carbocycles. The van der Waals surface area contributed by atoms with Crippen LogP contribution in [-0.2, 0) is 11.2 Å². The molecule has 0 radical (unpaired) electrons. The molecule has 1 fully saturated rings. The first-order valence-corrected chi connectivity index (χ1v) is 8.33. The molecule has 4 nitrogen and oxygen atoms in total. The van der Waals surface area contributed by atoms with E-state index in [1.54, 1.807) is 6.20 Å². The summed E-state index contributed by atoms with van der Waals surface area (Å²) in [5.41, 5.74) is 1.54. The molecular weight excluding hydrogens is 274 g/mol. The SMILES string of the molecule is CC(C)(C)CN1CCN(C(=O)CCCc2cccnc2)CC1. The summed E-state index contributed by atoms with van der Waals surface area (Å²) >= 11 is 0. The van der Waals surface area contributed by atoms with Crippen LogP contribution in [-0.4, -0.2) is 53.4 Å². The Morgan fingerprint density at radius 2 is 1.95 bits per heavy atom. The fourth-order valence-corrected chi connectivity index (χ4v) is 2.97.